The van der Waals surface area contributed by atoms with Crippen LogP contribution >= 0.6 is 12.2 Å². The van der Waals surface area contributed by atoms with Crippen molar-refractivity contribution in [1.82, 2.24) is 4.90 Å². The number of nitrogens with zero attached hydrogens (tertiary/aromatic N) is 1. The lowest BCUT2D eigenvalue weighted by atomic mass is 10.1. The first-order chi connectivity index (χ1) is 5.02. The average molecular weight is 172 g/mol. The third-order valence-corrected chi connectivity index (χ3v) is 1.88. The highest BCUT2D eigenvalue weighted by molar-refractivity contribution is 7.78. The molecule has 0 saturated heterocycles. The van der Waals surface area contributed by atoms with Crippen LogP contribution in [-0.2, 0) is 0 Å². The Labute approximate surface area is 75.8 Å². The molecule has 0 aliphatic heterocycles. The highest BCUT2D eigenvalue weighted by atomic mass is 32.1. The van der Waals surface area contributed by atoms with Gasteiger partial charge in [-0.3, -0.25) is 0 Å². The van der Waals surface area contributed by atoms with Crippen LogP contribution in [0.15, 0.2) is 0 Å². The molecule has 0 saturated carbocycles. The second-order valence-corrected chi connectivity index (χ2v) is 3.95. The first-order valence-corrected chi connectivity index (χ1v) is 4.58. The first kappa shape index (κ1) is 10.9. The minimum absolute atomic E-state index is 0.136. The molecule has 0 unspecified atom stereocenters. The van der Waals surface area contributed by atoms with Gasteiger partial charge in [-0.15, -0.1) is 0 Å². The van der Waals surface area contributed by atoms with Gasteiger partial charge >= 0.3 is 0 Å². The van der Waals surface area contributed by atoms with Crippen molar-refractivity contribution >= 4 is 17.7 Å². The molecule has 0 aliphatic rings. The van der Waals surface area contributed by atoms with E-state index in [9.17, 15) is 0 Å². The first-order valence-electron chi connectivity index (χ1n) is 4.17. The molecule has 0 N–H and O–H groups in total. The van der Waals surface area contributed by atoms with Gasteiger partial charge < -0.3 is 4.90 Å². The van der Waals surface area contributed by atoms with Crippen molar-refractivity contribution < 1.29 is 0 Å². The van der Waals surface area contributed by atoms with Gasteiger partial charge in [0.2, 0.25) is 0 Å². The minimum atomic E-state index is 0.136. The van der Waals surface area contributed by atoms with Crippen LogP contribution in [0.2, 0.25) is 0 Å². The third kappa shape index (κ3) is 4.35. The van der Waals surface area contributed by atoms with E-state index in [0.717, 1.165) is 6.54 Å². The fraction of sp³-hybridized carbons (Fsp3) is 0.889. The van der Waals surface area contributed by atoms with Gasteiger partial charge in [-0.25, -0.2) is 0 Å². The zero-order valence-corrected chi connectivity index (χ0v) is 8.79. The molecular weight excluding hydrogens is 154 g/mol. The topological polar surface area (TPSA) is 3.24 Å². The van der Waals surface area contributed by atoms with Gasteiger partial charge in [0.05, 0.1) is 0 Å². The van der Waals surface area contributed by atoms with E-state index >= 15 is 0 Å². The van der Waals surface area contributed by atoms with E-state index < -0.39 is 0 Å². The minimum Gasteiger partial charge on any atom is -0.356 e. The Bertz CT molecular complexity index is 115. The quantitative estimate of drug-likeness (QED) is 0.474. The summed E-state index contributed by atoms with van der Waals surface area (Å²) in [5, 5.41) is 0. The summed E-state index contributed by atoms with van der Waals surface area (Å²) in [7, 11) is 0. The summed E-state index contributed by atoms with van der Waals surface area (Å²) in [6.45, 7) is 9.68. The maximum absolute atomic E-state index is 4.81. The van der Waals surface area contributed by atoms with Crippen molar-refractivity contribution in [3.8, 4) is 0 Å². The van der Waals surface area contributed by atoms with Crippen molar-refractivity contribution in [1.29, 1.82) is 0 Å². The number of rotatable bonds is 4. The molecule has 11 heavy (non-hydrogen) atoms. The number of thiocarbonyl (C=S) groups is 1. The van der Waals surface area contributed by atoms with Crippen molar-refractivity contribution in [2.75, 3.05) is 6.54 Å². The van der Waals surface area contributed by atoms with Crippen LogP contribution in [0.4, 0.5) is 0 Å². The Morgan fingerprint density at radius 1 is 1.36 bits per heavy atom. The molecule has 0 rings (SSSR count). The van der Waals surface area contributed by atoms with Gasteiger partial charge in [-0.2, -0.15) is 0 Å². The highest BCUT2D eigenvalue weighted by Gasteiger charge is 2.17. The fourth-order valence-electron chi connectivity index (χ4n) is 0.834. The Balaban J connectivity index is 3.86. The molecule has 0 aromatic rings. The van der Waals surface area contributed by atoms with Crippen LogP contribution in [0.5, 0.6) is 0 Å². The molecule has 65 valence electrons. The third-order valence-electron chi connectivity index (χ3n) is 1.66. The van der Waals surface area contributed by atoms with E-state index in [1.165, 1.54) is 12.8 Å². The molecule has 0 fully saturated rings. The summed E-state index contributed by atoms with van der Waals surface area (Å²) in [6, 6.07) is 0. The largest absolute Gasteiger partial charge is 0.356 e. The van der Waals surface area contributed by atoms with Gasteiger partial charge in [0.1, 0.15) is 5.49 Å². The predicted octanol–water partition coefficient (Wildman–Crippen LogP) is 2.72. The van der Waals surface area contributed by atoms with E-state index in [-0.39, 0.29) is 5.54 Å². The van der Waals surface area contributed by atoms with E-state index in [4.69, 9.17) is 12.2 Å². The smallest absolute Gasteiger partial charge is 0.137 e. The molecule has 0 aromatic carbocycles. The zero-order valence-electron chi connectivity index (χ0n) is 7.98. The molecule has 0 heterocycles. The SMILES string of the molecule is CCCCN([C]=S)C(C)(C)C. The molecular formula is C9H18NS. The van der Waals surface area contributed by atoms with Crippen LogP contribution < -0.4 is 0 Å². The number of unbranched alkanes of at least 4 members (excludes halogenated alkanes) is 1. The Morgan fingerprint density at radius 3 is 2.18 bits per heavy atom. The van der Waals surface area contributed by atoms with E-state index in [1.807, 2.05) is 0 Å². The highest BCUT2D eigenvalue weighted by Crippen LogP contribution is 2.11. The maximum atomic E-state index is 4.81. The molecule has 1 nitrogen and oxygen atoms in total. The van der Waals surface area contributed by atoms with Gasteiger partial charge in [-0.1, -0.05) is 25.6 Å². The number of hydrogen-bond donors (Lipinski definition) is 0. The molecule has 0 spiro atoms. The van der Waals surface area contributed by atoms with Crippen LogP contribution in [-0.4, -0.2) is 22.5 Å². The summed E-state index contributed by atoms with van der Waals surface area (Å²) in [5.41, 5.74) is 2.93. The maximum Gasteiger partial charge on any atom is 0.137 e. The van der Waals surface area contributed by atoms with Crippen molar-refractivity contribution in [2.45, 2.75) is 46.1 Å². The molecule has 0 aromatic heterocycles. The Morgan fingerprint density at radius 2 is 1.91 bits per heavy atom. The average Bonchev–Trinajstić information content (AvgIpc) is 1.87. The van der Waals surface area contributed by atoms with Gasteiger partial charge in [-0.05, 0) is 27.2 Å². The lowest BCUT2D eigenvalue weighted by Crippen LogP contribution is -2.40. The lowest BCUT2D eigenvalue weighted by molar-refractivity contribution is 0.245. The molecule has 0 bridgehead atoms. The van der Waals surface area contributed by atoms with E-state index in [0.29, 0.717) is 0 Å². The summed E-state index contributed by atoms with van der Waals surface area (Å²) < 4.78 is 0. The standard InChI is InChI=1S/C9H18NS/c1-5-6-7-10(8-11)9(2,3)4/h5-7H2,1-4H3. The molecule has 0 atom stereocenters. The molecule has 1 radical (unpaired) electrons. The summed E-state index contributed by atoms with van der Waals surface area (Å²) in [4.78, 5) is 2.09. The van der Waals surface area contributed by atoms with Crippen molar-refractivity contribution in [3.63, 3.8) is 0 Å². The summed E-state index contributed by atoms with van der Waals surface area (Å²) in [5.74, 6) is 0. The van der Waals surface area contributed by atoms with Crippen LogP contribution in [0.3, 0.4) is 0 Å². The normalized spacial score (nSPS) is 11.3. The Kier molecular flexibility index (Phi) is 4.66. The Hall–Kier alpha value is -0.110. The second kappa shape index (κ2) is 4.70. The van der Waals surface area contributed by atoms with Crippen molar-refractivity contribution in [3.05, 3.63) is 0 Å². The number of hydrogen-bond acceptors (Lipinski definition) is 1. The van der Waals surface area contributed by atoms with Gasteiger partial charge in [0.25, 0.3) is 0 Å². The van der Waals surface area contributed by atoms with Gasteiger partial charge in [0.15, 0.2) is 0 Å². The second-order valence-electron chi connectivity index (χ2n) is 3.77. The fourth-order valence-corrected chi connectivity index (χ4v) is 1.20. The van der Waals surface area contributed by atoms with Crippen LogP contribution in [0.1, 0.15) is 40.5 Å². The van der Waals surface area contributed by atoms with Crippen LogP contribution in [0, 0.1) is 0 Å². The van der Waals surface area contributed by atoms with Crippen molar-refractivity contribution in [2.24, 2.45) is 0 Å². The summed E-state index contributed by atoms with van der Waals surface area (Å²) in [6.07, 6.45) is 2.41. The monoisotopic (exact) mass is 172 g/mol. The van der Waals surface area contributed by atoms with Gasteiger partial charge in [0, 0.05) is 12.1 Å². The molecule has 0 amide bonds. The van der Waals surface area contributed by atoms with Crippen LogP contribution in [0.25, 0.3) is 0 Å². The van der Waals surface area contributed by atoms with E-state index in [1.54, 1.807) is 0 Å². The zero-order chi connectivity index (χ0) is 8.91. The van der Waals surface area contributed by atoms with E-state index in [2.05, 4.69) is 38.1 Å². The lowest BCUT2D eigenvalue weighted by Gasteiger charge is -2.32. The molecule has 2 heteroatoms. The summed E-state index contributed by atoms with van der Waals surface area (Å²) >= 11 is 4.81. The predicted molar refractivity (Wildman–Crippen MR) is 54.0 cm³/mol. The molecule has 0 aliphatic carbocycles.